The van der Waals surface area contributed by atoms with Gasteiger partial charge < -0.3 is 10.1 Å². The molecule has 0 bridgehead atoms. The van der Waals surface area contributed by atoms with E-state index in [1.54, 1.807) is 0 Å². The number of esters is 1. The highest BCUT2D eigenvalue weighted by atomic mass is 19.1. The lowest BCUT2D eigenvalue weighted by atomic mass is 9.79. The van der Waals surface area contributed by atoms with Crippen LogP contribution in [-0.2, 0) is 4.74 Å². The van der Waals surface area contributed by atoms with E-state index in [9.17, 15) is 9.18 Å². The molecule has 1 aromatic rings. The Morgan fingerprint density at radius 2 is 1.95 bits per heavy atom. The van der Waals surface area contributed by atoms with E-state index >= 15 is 0 Å². The van der Waals surface area contributed by atoms with Crippen molar-refractivity contribution in [2.45, 2.75) is 45.6 Å². The summed E-state index contributed by atoms with van der Waals surface area (Å²) >= 11 is 0. The van der Waals surface area contributed by atoms with Crippen molar-refractivity contribution in [3.8, 4) is 0 Å². The van der Waals surface area contributed by atoms with Crippen LogP contribution in [0.2, 0.25) is 0 Å². The lowest BCUT2D eigenvalue weighted by molar-refractivity contribution is 0.0600. The number of methoxy groups -OCH3 is 1. The van der Waals surface area contributed by atoms with Crippen LogP contribution in [0.25, 0.3) is 0 Å². The minimum atomic E-state index is -0.443. The Hall–Kier alpha value is -1.58. The van der Waals surface area contributed by atoms with Crippen LogP contribution < -0.4 is 5.32 Å². The highest BCUT2D eigenvalue weighted by Crippen LogP contribution is 2.31. The molecule has 0 atom stereocenters. The molecule has 4 heteroatoms. The van der Waals surface area contributed by atoms with Gasteiger partial charge in [0, 0.05) is 6.04 Å². The normalized spacial score (nSPS) is 22.1. The van der Waals surface area contributed by atoms with E-state index in [2.05, 4.69) is 23.9 Å². The van der Waals surface area contributed by atoms with Gasteiger partial charge in [-0.2, -0.15) is 0 Å². The molecule has 2 rings (SSSR count). The Morgan fingerprint density at radius 1 is 1.29 bits per heavy atom. The molecule has 0 radical (unpaired) electrons. The summed E-state index contributed by atoms with van der Waals surface area (Å²) in [5.41, 5.74) is 0.767. The van der Waals surface area contributed by atoms with Crippen molar-refractivity contribution in [2.75, 3.05) is 12.4 Å². The molecule has 1 aliphatic carbocycles. The molecule has 0 aliphatic heterocycles. The van der Waals surface area contributed by atoms with Crippen LogP contribution in [-0.4, -0.2) is 19.1 Å². The Balaban J connectivity index is 2.01. The molecule has 1 saturated carbocycles. The monoisotopic (exact) mass is 293 g/mol. The smallest absolute Gasteiger partial charge is 0.337 e. The van der Waals surface area contributed by atoms with E-state index in [1.807, 2.05) is 0 Å². The second kappa shape index (κ2) is 6.92. The third-order valence-corrected chi connectivity index (χ3v) is 4.46. The SMILES string of the molecule is COC(=O)c1ccc(F)c(NC2CCC(C(C)C)CC2)c1. The molecule has 3 nitrogen and oxygen atoms in total. The minimum Gasteiger partial charge on any atom is -0.465 e. The first kappa shape index (κ1) is 15.8. The molecule has 0 aromatic heterocycles. The third-order valence-electron chi connectivity index (χ3n) is 4.46. The van der Waals surface area contributed by atoms with Gasteiger partial charge in [-0.1, -0.05) is 13.8 Å². The zero-order chi connectivity index (χ0) is 15.4. The van der Waals surface area contributed by atoms with E-state index < -0.39 is 5.97 Å². The number of carbonyl (C=O) groups excluding carboxylic acids is 1. The van der Waals surface area contributed by atoms with Crippen LogP contribution in [0.3, 0.4) is 0 Å². The maximum atomic E-state index is 13.9. The first-order chi connectivity index (χ1) is 10.0. The quantitative estimate of drug-likeness (QED) is 0.844. The summed E-state index contributed by atoms with van der Waals surface area (Å²) in [6.45, 7) is 4.52. The van der Waals surface area contributed by atoms with Gasteiger partial charge in [0.25, 0.3) is 0 Å². The zero-order valence-electron chi connectivity index (χ0n) is 13.0. The second-order valence-corrected chi connectivity index (χ2v) is 6.19. The van der Waals surface area contributed by atoms with E-state index in [-0.39, 0.29) is 11.9 Å². The molecule has 0 saturated heterocycles. The lowest BCUT2D eigenvalue weighted by Gasteiger charge is -2.32. The van der Waals surface area contributed by atoms with Crippen LogP contribution >= 0.6 is 0 Å². The average Bonchev–Trinajstić information content (AvgIpc) is 2.49. The number of halogens is 1. The standard InChI is InChI=1S/C17H24FNO2/c1-11(2)12-4-7-14(8-5-12)19-16-10-13(17(20)21-3)6-9-15(16)18/h6,9-12,14,19H,4-5,7-8H2,1-3H3. The summed E-state index contributed by atoms with van der Waals surface area (Å²) in [5, 5.41) is 3.25. The van der Waals surface area contributed by atoms with Crippen molar-refractivity contribution in [1.82, 2.24) is 0 Å². The number of hydrogen-bond acceptors (Lipinski definition) is 3. The molecular formula is C17H24FNO2. The Morgan fingerprint density at radius 3 is 2.52 bits per heavy atom. The lowest BCUT2D eigenvalue weighted by Crippen LogP contribution is -2.28. The van der Waals surface area contributed by atoms with Gasteiger partial charge in [-0.15, -0.1) is 0 Å². The molecule has 0 amide bonds. The van der Waals surface area contributed by atoms with Crippen molar-refractivity contribution in [2.24, 2.45) is 11.8 Å². The number of anilines is 1. The summed E-state index contributed by atoms with van der Waals surface area (Å²) in [6, 6.07) is 4.58. The number of hydrogen-bond donors (Lipinski definition) is 1. The van der Waals surface area contributed by atoms with Crippen LogP contribution in [0.15, 0.2) is 18.2 Å². The maximum absolute atomic E-state index is 13.9. The second-order valence-electron chi connectivity index (χ2n) is 6.19. The largest absolute Gasteiger partial charge is 0.465 e. The highest BCUT2D eigenvalue weighted by Gasteiger charge is 2.23. The molecule has 1 N–H and O–H groups in total. The van der Waals surface area contributed by atoms with Crippen LogP contribution in [0.1, 0.15) is 49.9 Å². The Labute approximate surface area is 125 Å². The number of nitrogens with one attached hydrogen (secondary N) is 1. The minimum absolute atomic E-state index is 0.280. The molecule has 21 heavy (non-hydrogen) atoms. The number of rotatable bonds is 4. The fraction of sp³-hybridized carbons (Fsp3) is 0.588. The van der Waals surface area contributed by atoms with E-state index in [4.69, 9.17) is 0 Å². The molecule has 0 unspecified atom stereocenters. The van der Waals surface area contributed by atoms with Crippen LogP contribution in [0, 0.1) is 17.7 Å². The first-order valence-corrected chi connectivity index (χ1v) is 7.65. The van der Waals surface area contributed by atoms with Gasteiger partial charge >= 0.3 is 5.97 Å². The topological polar surface area (TPSA) is 38.3 Å². The van der Waals surface area contributed by atoms with Crippen molar-refractivity contribution in [3.05, 3.63) is 29.6 Å². The van der Waals surface area contributed by atoms with Crippen molar-refractivity contribution in [3.63, 3.8) is 0 Å². The van der Waals surface area contributed by atoms with Crippen LogP contribution in [0.4, 0.5) is 10.1 Å². The summed E-state index contributed by atoms with van der Waals surface area (Å²) in [7, 11) is 1.33. The molecule has 0 spiro atoms. The molecule has 116 valence electrons. The van der Waals surface area contributed by atoms with Crippen molar-refractivity contribution >= 4 is 11.7 Å². The van der Waals surface area contributed by atoms with Gasteiger partial charge in [0.2, 0.25) is 0 Å². The fourth-order valence-electron chi connectivity index (χ4n) is 3.03. The number of ether oxygens (including phenoxy) is 1. The first-order valence-electron chi connectivity index (χ1n) is 7.65. The molecule has 0 heterocycles. The number of benzene rings is 1. The van der Waals surface area contributed by atoms with E-state index in [0.717, 1.165) is 18.8 Å². The van der Waals surface area contributed by atoms with Gasteiger partial charge in [0.1, 0.15) is 5.82 Å². The van der Waals surface area contributed by atoms with Gasteiger partial charge in [-0.3, -0.25) is 0 Å². The van der Waals surface area contributed by atoms with Gasteiger partial charge in [-0.25, -0.2) is 9.18 Å². The highest BCUT2D eigenvalue weighted by molar-refractivity contribution is 5.90. The number of carbonyl (C=O) groups is 1. The maximum Gasteiger partial charge on any atom is 0.337 e. The predicted molar refractivity (Wildman–Crippen MR) is 81.9 cm³/mol. The average molecular weight is 293 g/mol. The van der Waals surface area contributed by atoms with E-state index in [1.165, 1.54) is 38.2 Å². The molecule has 1 fully saturated rings. The third kappa shape index (κ3) is 3.96. The van der Waals surface area contributed by atoms with Gasteiger partial charge in [0.15, 0.2) is 0 Å². The molecule has 1 aromatic carbocycles. The molecule has 1 aliphatic rings. The molecular weight excluding hydrogens is 269 g/mol. The summed E-state index contributed by atoms with van der Waals surface area (Å²) in [6.07, 6.45) is 4.44. The summed E-state index contributed by atoms with van der Waals surface area (Å²) < 4.78 is 18.6. The van der Waals surface area contributed by atoms with Crippen molar-refractivity contribution in [1.29, 1.82) is 0 Å². The van der Waals surface area contributed by atoms with Gasteiger partial charge in [0.05, 0.1) is 18.4 Å². The zero-order valence-corrected chi connectivity index (χ0v) is 13.0. The Bertz CT molecular complexity index is 494. The summed E-state index contributed by atoms with van der Waals surface area (Å²) in [5.74, 6) is 0.717. The van der Waals surface area contributed by atoms with E-state index in [0.29, 0.717) is 17.2 Å². The fourth-order valence-corrected chi connectivity index (χ4v) is 3.03. The Kier molecular flexibility index (Phi) is 5.21. The van der Waals surface area contributed by atoms with Crippen LogP contribution in [0.5, 0.6) is 0 Å². The van der Waals surface area contributed by atoms with Crippen molar-refractivity contribution < 1.29 is 13.9 Å². The predicted octanol–water partition coefficient (Wildman–Crippen LogP) is 4.24. The summed E-state index contributed by atoms with van der Waals surface area (Å²) in [4.78, 5) is 11.5. The van der Waals surface area contributed by atoms with Gasteiger partial charge in [-0.05, 0) is 55.7 Å².